The molecule has 0 aliphatic heterocycles. The highest BCUT2D eigenvalue weighted by atomic mass is 32.1. The van der Waals surface area contributed by atoms with Crippen LogP contribution in [-0.2, 0) is 7.05 Å². The topological polar surface area (TPSA) is 77.5 Å². The third-order valence-corrected chi connectivity index (χ3v) is 5.09. The number of carbonyl (C=O) groups excluding carboxylic acids is 1. The average Bonchev–Trinajstić information content (AvgIpc) is 2.88. The zero-order valence-electron chi connectivity index (χ0n) is 13.4. The van der Waals surface area contributed by atoms with Gasteiger partial charge in [0.25, 0.3) is 11.6 Å². The molecule has 3 rings (SSSR count). The van der Waals surface area contributed by atoms with Crippen molar-refractivity contribution in [3.8, 4) is 0 Å². The van der Waals surface area contributed by atoms with Gasteiger partial charge in [0.05, 0.1) is 15.1 Å². The van der Waals surface area contributed by atoms with Gasteiger partial charge in [0.15, 0.2) is 4.80 Å². The number of carbonyl (C=O) groups is 1. The lowest BCUT2D eigenvalue weighted by Gasteiger charge is -2.03. The molecule has 0 fully saturated rings. The van der Waals surface area contributed by atoms with E-state index >= 15 is 0 Å². The van der Waals surface area contributed by atoms with Crippen molar-refractivity contribution in [3.63, 3.8) is 0 Å². The van der Waals surface area contributed by atoms with Crippen LogP contribution in [0.3, 0.4) is 0 Å². The van der Waals surface area contributed by atoms with Gasteiger partial charge in [-0.05, 0) is 37.1 Å². The Bertz CT molecular complexity index is 1050. The molecule has 0 radical (unpaired) electrons. The Labute approximate surface area is 141 Å². The van der Waals surface area contributed by atoms with E-state index in [0.29, 0.717) is 4.80 Å². The number of hydrogen-bond donors (Lipinski definition) is 0. The predicted molar refractivity (Wildman–Crippen MR) is 93.3 cm³/mol. The quantitative estimate of drug-likeness (QED) is 0.528. The van der Waals surface area contributed by atoms with Crippen LogP contribution in [-0.4, -0.2) is 15.4 Å². The van der Waals surface area contributed by atoms with Crippen molar-refractivity contribution < 1.29 is 9.72 Å². The smallest absolute Gasteiger partial charge is 0.279 e. The lowest BCUT2D eigenvalue weighted by atomic mass is 10.1. The molecular weight excluding hydrogens is 326 g/mol. The number of nitrogens with zero attached hydrogens (tertiary/aromatic N) is 3. The van der Waals surface area contributed by atoms with E-state index in [1.807, 2.05) is 37.6 Å². The Hall–Kier alpha value is -2.80. The summed E-state index contributed by atoms with van der Waals surface area (Å²) < 4.78 is 2.93. The first-order valence-electron chi connectivity index (χ1n) is 7.27. The summed E-state index contributed by atoms with van der Waals surface area (Å²) in [6.07, 6.45) is 0. The lowest BCUT2D eigenvalue weighted by molar-refractivity contribution is -0.384. The largest absolute Gasteiger partial charge is 0.319 e. The second-order valence-corrected chi connectivity index (χ2v) is 6.53. The third-order valence-electron chi connectivity index (χ3n) is 3.99. The van der Waals surface area contributed by atoms with Gasteiger partial charge in [-0.15, -0.1) is 0 Å². The molecule has 1 amide bonds. The van der Waals surface area contributed by atoms with E-state index in [0.717, 1.165) is 15.8 Å². The first-order valence-corrected chi connectivity index (χ1v) is 8.09. The molecule has 0 N–H and O–H groups in total. The third kappa shape index (κ3) is 2.74. The minimum absolute atomic E-state index is 0.122. The van der Waals surface area contributed by atoms with E-state index in [1.165, 1.54) is 41.2 Å². The molecule has 3 aromatic rings. The van der Waals surface area contributed by atoms with Crippen LogP contribution in [0.25, 0.3) is 10.2 Å². The molecule has 0 atom stereocenters. The molecule has 24 heavy (non-hydrogen) atoms. The number of aryl methyl sites for hydroxylation is 3. The maximum Gasteiger partial charge on any atom is 0.279 e. The van der Waals surface area contributed by atoms with Gasteiger partial charge in [0, 0.05) is 24.7 Å². The standard InChI is InChI=1S/C17H15N3O3S/c1-10-7-8-14-15(11(10)2)19(3)17(24-14)18-16(21)12-5-4-6-13(9-12)20(22)23/h4-9H,1-3H3. The highest BCUT2D eigenvalue weighted by molar-refractivity contribution is 7.16. The van der Waals surface area contributed by atoms with Crippen LogP contribution in [0.5, 0.6) is 0 Å². The molecule has 0 unspecified atom stereocenters. The van der Waals surface area contributed by atoms with Crippen molar-refractivity contribution >= 4 is 33.1 Å². The maximum atomic E-state index is 12.4. The highest BCUT2D eigenvalue weighted by Crippen LogP contribution is 2.23. The molecule has 6 nitrogen and oxygen atoms in total. The molecule has 0 aliphatic rings. The Morgan fingerprint density at radius 1 is 1.25 bits per heavy atom. The van der Waals surface area contributed by atoms with Crippen LogP contribution in [0.15, 0.2) is 41.4 Å². The van der Waals surface area contributed by atoms with Gasteiger partial charge in [0.1, 0.15) is 0 Å². The van der Waals surface area contributed by atoms with Gasteiger partial charge in [0.2, 0.25) is 0 Å². The fraction of sp³-hybridized carbons (Fsp3) is 0.176. The van der Waals surface area contributed by atoms with E-state index < -0.39 is 10.8 Å². The van der Waals surface area contributed by atoms with Crippen molar-refractivity contribution in [2.75, 3.05) is 0 Å². The fourth-order valence-corrected chi connectivity index (χ4v) is 3.62. The summed E-state index contributed by atoms with van der Waals surface area (Å²) in [5, 5.41) is 10.8. The second-order valence-electron chi connectivity index (χ2n) is 5.52. The number of non-ortho nitro benzene ring substituents is 1. The van der Waals surface area contributed by atoms with E-state index in [-0.39, 0.29) is 11.3 Å². The van der Waals surface area contributed by atoms with Crippen molar-refractivity contribution in [2.24, 2.45) is 12.0 Å². The van der Waals surface area contributed by atoms with Gasteiger partial charge in [-0.3, -0.25) is 14.9 Å². The molecule has 0 aliphatic carbocycles. The molecule has 0 saturated carbocycles. The summed E-state index contributed by atoms with van der Waals surface area (Å²) >= 11 is 1.42. The number of benzene rings is 2. The predicted octanol–water partition coefficient (Wildman–Crippen LogP) is 3.51. The highest BCUT2D eigenvalue weighted by Gasteiger charge is 2.12. The minimum atomic E-state index is -0.525. The SMILES string of the molecule is Cc1ccc2sc(=NC(=O)c3cccc([N+](=O)[O-])c3)n(C)c2c1C. The number of nitro groups is 1. The summed E-state index contributed by atoms with van der Waals surface area (Å²) in [5.41, 5.74) is 3.45. The first-order chi connectivity index (χ1) is 11.4. The number of nitro benzene ring substituents is 1. The van der Waals surface area contributed by atoms with Crippen LogP contribution >= 0.6 is 11.3 Å². The van der Waals surface area contributed by atoms with Crippen molar-refractivity contribution in [1.82, 2.24) is 4.57 Å². The van der Waals surface area contributed by atoms with Crippen LogP contribution < -0.4 is 4.80 Å². The van der Waals surface area contributed by atoms with Crippen LogP contribution in [0.2, 0.25) is 0 Å². The van der Waals surface area contributed by atoms with Gasteiger partial charge >= 0.3 is 0 Å². The Kier molecular flexibility index (Phi) is 4.02. The van der Waals surface area contributed by atoms with Crippen LogP contribution in [0.1, 0.15) is 21.5 Å². The molecule has 122 valence electrons. The summed E-state index contributed by atoms with van der Waals surface area (Å²) in [7, 11) is 1.87. The number of rotatable bonds is 2. The summed E-state index contributed by atoms with van der Waals surface area (Å²) in [6, 6.07) is 9.66. The molecule has 0 bridgehead atoms. The summed E-state index contributed by atoms with van der Waals surface area (Å²) in [6.45, 7) is 4.08. The minimum Gasteiger partial charge on any atom is -0.319 e. The molecular formula is C17H15N3O3S. The number of aromatic nitrogens is 1. The van der Waals surface area contributed by atoms with Gasteiger partial charge in [-0.1, -0.05) is 23.5 Å². The van der Waals surface area contributed by atoms with Crippen molar-refractivity contribution in [2.45, 2.75) is 13.8 Å². The maximum absolute atomic E-state index is 12.4. The molecule has 2 aromatic carbocycles. The molecule has 1 aromatic heterocycles. The zero-order chi connectivity index (χ0) is 17.4. The molecule has 0 saturated heterocycles. The van der Waals surface area contributed by atoms with Crippen molar-refractivity contribution in [3.05, 3.63) is 68.0 Å². The molecule has 1 heterocycles. The van der Waals surface area contributed by atoms with E-state index in [4.69, 9.17) is 0 Å². The lowest BCUT2D eigenvalue weighted by Crippen LogP contribution is -2.13. The zero-order valence-corrected chi connectivity index (χ0v) is 14.3. The second kappa shape index (κ2) is 6.01. The number of amides is 1. The van der Waals surface area contributed by atoms with Crippen LogP contribution in [0.4, 0.5) is 5.69 Å². The van der Waals surface area contributed by atoms with E-state index in [1.54, 1.807) is 0 Å². The Morgan fingerprint density at radius 3 is 2.71 bits per heavy atom. The molecule has 0 spiro atoms. The first kappa shape index (κ1) is 16.1. The van der Waals surface area contributed by atoms with E-state index in [2.05, 4.69) is 4.99 Å². The average molecular weight is 341 g/mol. The monoisotopic (exact) mass is 341 g/mol. The van der Waals surface area contributed by atoms with Gasteiger partial charge in [-0.25, -0.2) is 0 Å². The number of fused-ring (bicyclic) bond motifs is 1. The van der Waals surface area contributed by atoms with Gasteiger partial charge < -0.3 is 4.57 Å². The van der Waals surface area contributed by atoms with Gasteiger partial charge in [-0.2, -0.15) is 4.99 Å². The number of thiazole rings is 1. The van der Waals surface area contributed by atoms with Crippen LogP contribution in [0, 0.1) is 24.0 Å². The normalized spacial score (nSPS) is 11.9. The molecule has 7 heteroatoms. The summed E-state index contributed by atoms with van der Waals surface area (Å²) in [4.78, 5) is 27.4. The number of hydrogen-bond acceptors (Lipinski definition) is 4. The Balaban J connectivity index is 2.12. The Morgan fingerprint density at radius 2 is 2.00 bits per heavy atom. The summed E-state index contributed by atoms with van der Waals surface area (Å²) in [5.74, 6) is -0.491. The van der Waals surface area contributed by atoms with E-state index in [9.17, 15) is 14.9 Å². The fourth-order valence-electron chi connectivity index (χ4n) is 2.54. The van der Waals surface area contributed by atoms with Crippen molar-refractivity contribution in [1.29, 1.82) is 0 Å².